The maximum atomic E-state index is 13.9. The lowest BCUT2D eigenvalue weighted by Crippen LogP contribution is -2.80. The van der Waals surface area contributed by atoms with Crippen LogP contribution in [-0.2, 0) is 0 Å². The molecule has 0 aromatic rings. The van der Waals surface area contributed by atoms with Crippen molar-refractivity contribution < 1.29 is 185 Å². The first-order valence-electron chi connectivity index (χ1n) is 12.7. The van der Waals surface area contributed by atoms with Gasteiger partial charge in [-0.05, 0) is 0 Å². The van der Waals surface area contributed by atoms with Crippen molar-refractivity contribution >= 4 is 0 Å². The molecule has 0 heterocycles. The maximum Gasteiger partial charge on any atom is 0.460 e. The SMILES string of the molecule is OC(F)(C(F)(F)F)C(F)(F)C(F)(F)C(F)(F)C(F)(F)C(F)(F)C(F)(F)C(F)(F)C(F)(F)C(F)(F)C(F)(F)C(F)(F)C(F)(F)C(F)(F)C(F)(F)C(F)(F)C(F)(F)C(F)(F)C(F)(F)F. The van der Waals surface area contributed by atoms with Crippen LogP contribution in [0.25, 0.3) is 0 Å². The van der Waals surface area contributed by atoms with Gasteiger partial charge in [0.15, 0.2) is 0 Å². The highest BCUT2D eigenvalue weighted by Crippen LogP contribution is 2.71. The van der Waals surface area contributed by atoms with E-state index in [1.807, 2.05) is 0 Å². The summed E-state index contributed by atoms with van der Waals surface area (Å²) in [7, 11) is 0. The number of rotatable bonds is 17. The van der Waals surface area contributed by atoms with E-state index in [0.717, 1.165) is 0 Å². The normalized spacial score (nSPS) is 18.3. The number of hydrogen-bond acceptors (Lipinski definition) is 1. The average molecular weight is 1040 g/mol. The lowest BCUT2D eigenvalue weighted by molar-refractivity contribution is -0.498. The van der Waals surface area contributed by atoms with Gasteiger partial charge in [-0.15, -0.1) is 0 Å². The topological polar surface area (TPSA) is 20.2 Å². The predicted octanol–water partition coefficient (Wildman–Crippen LogP) is 12.6. The third-order valence-corrected chi connectivity index (χ3v) is 7.46. The van der Waals surface area contributed by atoms with Crippen LogP contribution in [0, 0.1) is 0 Å². The van der Waals surface area contributed by atoms with E-state index in [0.29, 0.717) is 0 Å². The molecule has 0 spiro atoms. The molecule has 0 amide bonds. The Morgan fingerprint density at radius 1 is 0.129 bits per heavy atom. The number of aliphatic hydroxyl groups is 1. The lowest BCUT2D eigenvalue weighted by atomic mass is 9.82. The van der Waals surface area contributed by atoms with E-state index in [2.05, 4.69) is 0 Å². The molecular formula is C20HF41O. The standard InChI is InChI=1S/C20HF41O/c21-1(22,3(25,26)5(29,30)7(33,34)9(37,38)11(41,42)13(45,46)15(49,50)17(53,54)19(56,57)58)2(23,24)4(27,28)6(31,32)8(35,36)10(39,40)12(43,44)14(47,48)16(51,52)18(55,62)20(59,60)61/h62H. The summed E-state index contributed by atoms with van der Waals surface area (Å²) in [6.45, 7) is 0. The number of halogens is 41. The Bertz CT molecular complexity index is 1510. The zero-order valence-corrected chi connectivity index (χ0v) is 25.9. The molecule has 0 bridgehead atoms. The predicted molar refractivity (Wildman–Crippen MR) is 102 cm³/mol. The van der Waals surface area contributed by atoms with Crippen molar-refractivity contribution in [1.29, 1.82) is 0 Å². The Kier molecular flexibility index (Phi) is 13.2. The van der Waals surface area contributed by atoms with Crippen molar-refractivity contribution in [2.24, 2.45) is 0 Å². The van der Waals surface area contributed by atoms with Gasteiger partial charge in [-0.2, -0.15) is 180 Å². The van der Waals surface area contributed by atoms with E-state index >= 15 is 0 Å². The second kappa shape index (κ2) is 13.8. The molecule has 0 aromatic heterocycles. The monoisotopic (exact) mass is 1040 g/mol. The number of hydrogen-bond donors (Lipinski definition) is 1. The molecule has 0 aliphatic heterocycles. The molecule has 0 rings (SSSR count). The van der Waals surface area contributed by atoms with Gasteiger partial charge < -0.3 is 5.11 Å². The Morgan fingerprint density at radius 3 is 0.323 bits per heavy atom. The van der Waals surface area contributed by atoms with Crippen LogP contribution in [0.5, 0.6) is 0 Å². The fraction of sp³-hybridized carbons (Fsp3) is 1.00. The van der Waals surface area contributed by atoms with Gasteiger partial charge in [0.1, 0.15) is 0 Å². The molecule has 42 heteroatoms. The quantitative estimate of drug-likeness (QED) is 0.144. The van der Waals surface area contributed by atoms with Gasteiger partial charge in [0.05, 0.1) is 0 Å². The molecule has 0 saturated carbocycles. The molecule has 0 fully saturated rings. The summed E-state index contributed by atoms with van der Waals surface area (Å²) in [6, 6.07) is 0. The summed E-state index contributed by atoms with van der Waals surface area (Å²) in [4.78, 5) is 0. The summed E-state index contributed by atoms with van der Waals surface area (Å²) in [6.07, 6.45) is -16.8. The average Bonchev–Trinajstić information content (AvgIpc) is 3.01. The molecule has 0 radical (unpaired) electrons. The van der Waals surface area contributed by atoms with E-state index in [9.17, 15) is 180 Å². The first-order chi connectivity index (χ1) is 25.8. The highest BCUT2D eigenvalue weighted by atomic mass is 19.4. The Morgan fingerprint density at radius 2 is 0.226 bits per heavy atom. The third-order valence-electron chi connectivity index (χ3n) is 7.46. The van der Waals surface area contributed by atoms with E-state index in [1.165, 1.54) is 0 Å². The molecule has 0 aliphatic rings. The van der Waals surface area contributed by atoms with Gasteiger partial charge >= 0.3 is 119 Å². The van der Waals surface area contributed by atoms with Gasteiger partial charge in [0.25, 0.3) is 0 Å². The van der Waals surface area contributed by atoms with E-state index in [1.54, 1.807) is 0 Å². The van der Waals surface area contributed by atoms with Crippen molar-refractivity contribution in [3.63, 3.8) is 0 Å². The molecule has 0 aromatic carbocycles. The van der Waals surface area contributed by atoms with Crippen LogP contribution in [0.2, 0.25) is 0 Å². The van der Waals surface area contributed by atoms with Crippen LogP contribution in [0.15, 0.2) is 0 Å². The second-order valence-corrected chi connectivity index (χ2v) is 11.4. The van der Waals surface area contributed by atoms with Gasteiger partial charge in [-0.3, -0.25) is 0 Å². The first-order valence-corrected chi connectivity index (χ1v) is 12.7. The largest absolute Gasteiger partial charge is 0.460 e. The minimum Gasteiger partial charge on any atom is -0.350 e. The highest BCUT2D eigenvalue weighted by Gasteiger charge is 3.03. The molecular weight excluding hydrogens is 1040 g/mol. The smallest absolute Gasteiger partial charge is 0.350 e. The van der Waals surface area contributed by atoms with Crippen LogP contribution in [0.3, 0.4) is 0 Å². The Hall–Kier alpha value is -2.91. The van der Waals surface area contributed by atoms with E-state index in [4.69, 9.17) is 5.11 Å². The molecule has 374 valence electrons. The zero-order chi connectivity index (χ0) is 52.0. The van der Waals surface area contributed by atoms with Crippen molar-refractivity contribution in [2.75, 3.05) is 0 Å². The van der Waals surface area contributed by atoms with Crippen molar-refractivity contribution in [3.05, 3.63) is 0 Å². The maximum absolute atomic E-state index is 13.9. The van der Waals surface area contributed by atoms with Crippen LogP contribution >= 0.6 is 0 Å². The highest BCUT2D eigenvalue weighted by molar-refractivity contribution is 5.23. The fourth-order valence-corrected chi connectivity index (χ4v) is 3.52. The molecule has 1 N–H and O–H groups in total. The van der Waals surface area contributed by atoms with Gasteiger partial charge in [-0.25, -0.2) is 0 Å². The molecule has 0 aliphatic carbocycles. The molecule has 0 saturated heterocycles. The van der Waals surface area contributed by atoms with Gasteiger partial charge in [-0.1, -0.05) is 0 Å². The fourth-order valence-electron chi connectivity index (χ4n) is 3.52. The van der Waals surface area contributed by atoms with Crippen LogP contribution in [0.4, 0.5) is 180 Å². The van der Waals surface area contributed by atoms with Crippen LogP contribution < -0.4 is 0 Å². The molecule has 1 nitrogen and oxygen atoms in total. The van der Waals surface area contributed by atoms with Crippen molar-refractivity contribution in [3.8, 4) is 0 Å². The van der Waals surface area contributed by atoms with Crippen molar-refractivity contribution in [1.82, 2.24) is 0 Å². The summed E-state index contributed by atoms with van der Waals surface area (Å²) >= 11 is 0. The summed E-state index contributed by atoms with van der Waals surface area (Å²) in [5.74, 6) is -181. The Balaban J connectivity index is 7.98. The lowest BCUT2D eigenvalue weighted by Gasteiger charge is -2.47. The Labute approximate surface area is 305 Å². The van der Waals surface area contributed by atoms with Gasteiger partial charge in [0, 0.05) is 0 Å². The molecule has 1 unspecified atom stereocenters. The van der Waals surface area contributed by atoms with Crippen LogP contribution in [0.1, 0.15) is 0 Å². The minimum atomic E-state index is -10.6. The number of alkyl halides is 41. The zero-order valence-electron chi connectivity index (χ0n) is 25.9. The molecule has 1 atom stereocenters. The van der Waals surface area contributed by atoms with Crippen molar-refractivity contribution in [2.45, 2.75) is 119 Å². The van der Waals surface area contributed by atoms with Crippen LogP contribution in [-0.4, -0.2) is 124 Å². The third kappa shape index (κ3) is 6.36. The molecule has 62 heavy (non-hydrogen) atoms. The second-order valence-electron chi connectivity index (χ2n) is 11.4. The minimum absolute atomic E-state index is 7.81. The summed E-state index contributed by atoms with van der Waals surface area (Å²) in [5, 5.41) is 7.81. The van der Waals surface area contributed by atoms with E-state index < -0.39 is 119 Å². The first kappa shape index (κ1) is 59.1. The van der Waals surface area contributed by atoms with Gasteiger partial charge in [0.2, 0.25) is 0 Å². The summed E-state index contributed by atoms with van der Waals surface area (Å²) in [5.41, 5.74) is 0. The summed E-state index contributed by atoms with van der Waals surface area (Å²) < 4.78 is 549. The van der Waals surface area contributed by atoms with E-state index in [-0.39, 0.29) is 0 Å².